The quantitative estimate of drug-likeness (QED) is 0.845. The van der Waals surface area contributed by atoms with Crippen LogP contribution in [-0.4, -0.2) is 32.3 Å². The van der Waals surface area contributed by atoms with E-state index in [9.17, 15) is 4.79 Å². The molecule has 3 heterocycles. The molecule has 0 saturated carbocycles. The van der Waals surface area contributed by atoms with Crippen LogP contribution in [0, 0.1) is 0 Å². The molecule has 1 atom stereocenters. The van der Waals surface area contributed by atoms with Crippen molar-refractivity contribution in [2.24, 2.45) is 0 Å². The van der Waals surface area contributed by atoms with E-state index in [0.717, 1.165) is 37.4 Å². The maximum Gasteiger partial charge on any atom is 0.266 e. The van der Waals surface area contributed by atoms with E-state index in [0.29, 0.717) is 18.5 Å². The highest BCUT2D eigenvalue weighted by Crippen LogP contribution is 2.24. The van der Waals surface area contributed by atoms with Gasteiger partial charge >= 0.3 is 0 Å². The van der Waals surface area contributed by atoms with Gasteiger partial charge in [-0.25, -0.2) is 9.67 Å². The van der Waals surface area contributed by atoms with Crippen molar-refractivity contribution < 1.29 is 4.42 Å². The van der Waals surface area contributed by atoms with Crippen LogP contribution in [-0.2, 0) is 13.1 Å². The number of oxazole rings is 1. The van der Waals surface area contributed by atoms with Gasteiger partial charge in [-0.05, 0) is 25.5 Å². The Hall–Kier alpha value is -1.95. The number of hydrogen-bond donors (Lipinski definition) is 0. The highest BCUT2D eigenvalue weighted by atomic mass is 16.3. The molecule has 0 N–H and O–H groups in total. The molecule has 6 nitrogen and oxygen atoms in total. The second-order valence-corrected chi connectivity index (χ2v) is 6.13. The SMILES string of the molecule is CC(C)c1ocnc1CN1CCCC1Cn1ncccc1=O. The fraction of sp³-hybridized carbons (Fsp3) is 0.562. The van der Waals surface area contributed by atoms with E-state index < -0.39 is 0 Å². The lowest BCUT2D eigenvalue weighted by molar-refractivity contribution is 0.213. The summed E-state index contributed by atoms with van der Waals surface area (Å²) in [4.78, 5) is 18.6. The lowest BCUT2D eigenvalue weighted by Gasteiger charge is -2.24. The molecule has 1 saturated heterocycles. The molecule has 3 rings (SSSR count). The number of rotatable bonds is 5. The van der Waals surface area contributed by atoms with Gasteiger partial charge in [0, 0.05) is 30.8 Å². The fourth-order valence-corrected chi connectivity index (χ4v) is 3.09. The zero-order valence-corrected chi connectivity index (χ0v) is 13.1. The van der Waals surface area contributed by atoms with Crippen LogP contribution in [0.3, 0.4) is 0 Å². The number of nitrogens with zero attached hydrogens (tertiary/aromatic N) is 4. The molecule has 0 aromatic carbocycles. The van der Waals surface area contributed by atoms with Crippen LogP contribution in [0.2, 0.25) is 0 Å². The van der Waals surface area contributed by atoms with Gasteiger partial charge in [0.05, 0.1) is 12.2 Å². The number of aromatic nitrogens is 3. The van der Waals surface area contributed by atoms with E-state index in [1.54, 1.807) is 23.0 Å². The molecule has 0 amide bonds. The predicted molar refractivity (Wildman–Crippen MR) is 82.5 cm³/mol. The molecule has 1 fully saturated rings. The van der Waals surface area contributed by atoms with Gasteiger partial charge in [-0.15, -0.1) is 0 Å². The minimum Gasteiger partial charge on any atom is -0.448 e. The van der Waals surface area contributed by atoms with E-state index in [-0.39, 0.29) is 5.56 Å². The molecule has 2 aromatic rings. The van der Waals surface area contributed by atoms with E-state index in [1.165, 1.54) is 6.39 Å². The third kappa shape index (κ3) is 3.11. The largest absolute Gasteiger partial charge is 0.448 e. The van der Waals surface area contributed by atoms with Crippen molar-refractivity contribution in [3.8, 4) is 0 Å². The summed E-state index contributed by atoms with van der Waals surface area (Å²) in [5, 5.41) is 4.16. The fourth-order valence-electron chi connectivity index (χ4n) is 3.09. The van der Waals surface area contributed by atoms with Crippen LogP contribution in [0.15, 0.2) is 33.9 Å². The maximum atomic E-state index is 11.8. The van der Waals surface area contributed by atoms with Gasteiger partial charge in [0.1, 0.15) is 5.76 Å². The molecular weight excluding hydrogens is 280 g/mol. The van der Waals surface area contributed by atoms with Crippen molar-refractivity contribution in [3.63, 3.8) is 0 Å². The van der Waals surface area contributed by atoms with Crippen molar-refractivity contribution in [1.29, 1.82) is 0 Å². The van der Waals surface area contributed by atoms with E-state index in [2.05, 4.69) is 28.8 Å². The van der Waals surface area contributed by atoms with Crippen molar-refractivity contribution >= 4 is 0 Å². The second kappa shape index (κ2) is 6.44. The van der Waals surface area contributed by atoms with Crippen molar-refractivity contribution in [1.82, 2.24) is 19.7 Å². The highest BCUT2D eigenvalue weighted by Gasteiger charge is 2.27. The number of likely N-dealkylation sites (tertiary alicyclic amines) is 1. The van der Waals surface area contributed by atoms with Gasteiger partial charge < -0.3 is 4.42 Å². The van der Waals surface area contributed by atoms with Crippen molar-refractivity contribution in [2.45, 2.75) is 51.7 Å². The van der Waals surface area contributed by atoms with Crippen molar-refractivity contribution in [2.75, 3.05) is 6.54 Å². The molecule has 2 aromatic heterocycles. The lowest BCUT2D eigenvalue weighted by atomic mass is 10.1. The third-order valence-corrected chi connectivity index (χ3v) is 4.22. The molecule has 1 aliphatic heterocycles. The first kappa shape index (κ1) is 15.0. The first-order valence-corrected chi connectivity index (χ1v) is 7.83. The number of hydrogen-bond acceptors (Lipinski definition) is 5. The molecule has 22 heavy (non-hydrogen) atoms. The normalized spacial score (nSPS) is 19.1. The van der Waals surface area contributed by atoms with Gasteiger partial charge in [-0.2, -0.15) is 5.10 Å². The summed E-state index contributed by atoms with van der Waals surface area (Å²) < 4.78 is 7.05. The second-order valence-electron chi connectivity index (χ2n) is 6.13. The summed E-state index contributed by atoms with van der Waals surface area (Å²) >= 11 is 0. The Balaban J connectivity index is 1.72. The topological polar surface area (TPSA) is 64.2 Å². The van der Waals surface area contributed by atoms with Crippen LogP contribution < -0.4 is 5.56 Å². The maximum absolute atomic E-state index is 11.8. The van der Waals surface area contributed by atoms with E-state index >= 15 is 0 Å². The Bertz CT molecular complexity index is 677. The van der Waals surface area contributed by atoms with Crippen LogP contribution >= 0.6 is 0 Å². The highest BCUT2D eigenvalue weighted by molar-refractivity contribution is 5.11. The lowest BCUT2D eigenvalue weighted by Crippen LogP contribution is -2.36. The smallest absolute Gasteiger partial charge is 0.266 e. The zero-order chi connectivity index (χ0) is 15.5. The molecular formula is C16H22N4O2. The summed E-state index contributed by atoms with van der Waals surface area (Å²) in [6, 6.07) is 3.56. The van der Waals surface area contributed by atoms with Gasteiger partial charge in [0.25, 0.3) is 5.56 Å². The summed E-state index contributed by atoms with van der Waals surface area (Å²) in [6.45, 7) is 6.65. The third-order valence-electron chi connectivity index (χ3n) is 4.22. The standard InChI is InChI=1S/C16H22N4O2/c1-12(2)16-14(17-11-22-16)10-19-8-4-5-13(19)9-20-15(21)6-3-7-18-20/h3,6-7,11-13H,4-5,8-10H2,1-2H3. The van der Waals surface area contributed by atoms with Gasteiger partial charge in [-0.1, -0.05) is 13.8 Å². The van der Waals surface area contributed by atoms with Crippen LogP contribution in [0.5, 0.6) is 0 Å². The monoisotopic (exact) mass is 302 g/mol. The molecule has 0 bridgehead atoms. The molecule has 6 heteroatoms. The minimum atomic E-state index is -0.0429. The molecule has 1 aliphatic rings. The molecule has 118 valence electrons. The summed E-state index contributed by atoms with van der Waals surface area (Å²) in [7, 11) is 0. The Morgan fingerprint density at radius 1 is 1.45 bits per heavy atom. The molecule has 0 radical (unpaired) electrons. The summed E-state index contributed by atoms with van der Waals surface area (Å²) in [5.74, 6) is 1.29. The van der Waals surface area contributed by atoms with Gasteiger partial charge in [0.15, 0.2) is 6.39 Å². The first-order chi connectivity index (χ1) is 10.6. The first-order valence-electron chi connectivity index (χ1n) is 7.83. The average Bonchev–Trinajstić information content (AvgIpc) is 3.12. The van der Waals surface area contributed by atoms with E-state index in [1.807, 2.05) is 0 Å². The van der Waals surface area contributed by atoms with Gasteiger partial charge in [0.2, 0.25) is 0 Å². The van der Waals surface area contributed by atoms with Gasteiger partial charge in [-0.3, -0.25) is 9.69 Å². The Labute approximate surface area is 129 Å². The summed E-state index contributed by atoms with van der Waals surface area (Å²) in [6.07, 6.45) is 5.41. The Morgan fingerprint density at radius 3 is 3.09 bits per heavy atom. The van der Waals surface area contributed by atoms with Crippen LogP contribution in [0.1, 0.15) is 44.1 Å². The Morgan fingerprint density at radius 2 is 2.32 bits per heavy atom. The average molecular weight is 302 g/mol. The molecule has 0 aliphatic carbocycles. The zero-order valence-electron chi connectivity index (χ0n) is 13.1. The summed E-state index contributed by atoms with van der Waals surface area (Å²) in [5.41, 5.74) is 0.967. The predicted octanol–water partition coefficient (Wildman–Crippen LogP) is 2.02. The van der Waals surface area contributed by atoms with Crippen LogP contribution in [0.4, 0.5) is 0 Å². The van der Waals surface area contributed by atoms with E-state index in [4.69, 9.17) is 4.42 Å². The van der Waals surface area contributed by atoms with Crippen LogP contribution in [0.25, 0.3) is 0 Å². The molecule has 1 unspecified atom stereocenters. The minimum absolute atomic E-state index is 0.0429. The Kier molecular flexibility index (Phi) is 4.38. The molecule has 0 spiro atoms. The van der Waals surface area contributed by atoms with Crippen molar-refractivity contribution in [3.05, 3.63) is 46.5 Å².